The molecule has 0 fully saturated rings. The van der Waals surface area contributed by atoms with Gasteiger partial charge in [-0.15, -0.1) is 11.3 Å². The van der Waals surface area contributed by atoms with Crippen molar-refractivity contribution in [2.45, 2.75) is 26.8 Å². The van der Waals surface area contributed by atoms with E-state index < -0.39 is 0 Å². The molecule has 1 aromatic carbocycles. The van der Waals surface area contributed by atoms with Gasteiger partial charge in [0.05, 0.1) is 6.04 Å². The number of hydrogen-bond donors (Lipinski definition) is 1. The maximum atomic E-state index is 13.5. The molecule has 2 aromatic rings. The van der Waals surface area contributed by atoms with E-state index >= 15 is 0 Å². The van der Waals surface area contributed by atoms with Gasteiger partial charge in [0.1, 0.15) is 5.82 Å². The molecule has 1 aromatic heterocycles. The molecule has 4 heteroatoms. The normalized spacial score (nSPS) is 12.4. The molecule has 1 heterocycles. The third kappa shape index (κ3) is 3.02. The van der Waals surface area contributed by atoms with Crippen molar-refractivity contribution in [3.05, 3.63) is 51.5 Å². The minimum atomic E-state index is -0.213. The van der Waals surface area contributed by atoms with Crippen molar-refractivity contribution < 1.29 is 4.39 Å². The standard InChI is InChI=1S/C16H21FN2S/c1-4-19(14-7-5-6-13(17)9-14)16(10-18)15-8-11(2)20-12(15)3/h5-9,16H,4,10,18H2,1-3H3. The van der Waals surface area contributed by atoms with Gasteiger partial charge in [0.25, 0.3) is 0 Å². The molecule has 2 N–H and O–H groups in total. The molecule has 0 radical (unpaired) electrons. The van der Waals surface area contributed by atoms with Crippen LogP contribution in [0.15, 0.2) is 30.3 Å². The Morgan fingerprint density at radius 1 is 1.30 bits per heavy atom. The van der Waals surface area contributed by atoms with E-state index in [0.717, 1.165) is 12.2 Å². The van der Waals surface area contributed by atoms with Gasteiger partial charge in [-0.3, -0.25) is 0 Å². The summed E-state index contributed by atoms with van der Waals surface area (Å²) in [5, 5.41) is 0. The summed E-state index contributed by atoms with van der Waals surface area (Å²) in [6, 6.07) is 9.00. The predicted octanol–water partition coefficient (Wildman–Crippen LogP) is 4.03. The fourth-order valence-corrected chi connectivity index (χ4v) is 3.62. The molecule has 1 unspecified atom stereocenters. The molecule has 0 aliphatic carbocycles. The zero-order chi connectivity index (χ0) is 14.7. The van der Waals surface area contributed by atoms with E-state index in [-0.39, 0.29) is 11.9 Å². The summed E-state index contributed by atoms with van der Waals surface area (Å²) in [5.41, 5.74) is 8.14. The van der Waals surface area contributed by atoms with Crippen LogP contribution >= 0.6 is 11.3 Å². The van der Waals surface area contributed by atoms with Crippen LogP contribution in [-0.4, -0.2) is 13.1 Å². The third-order valence-corrected chi connectivity index (χ3v) is 4.50. The minimum absolute atomic E-state index is 0.0896. The topological polar surface area (TPSA) is 29.3 Å². The Balaban J connectivity index is 2.40. The quantitative estimate of drug-likeness (QED) is 0.901. The van der Waals surface area contributed by atoms with Gasteiger partial charge in [0, 0.05) is 28.5 Å². The zero-order valence-corrected chi connectivity index (χ0v) is 13.0. The van der Waals surface area contributed by atoms with Crippen molar-refractivity contribution in [2.75, 3.05) is 18.0 Å². The summed E-state index contributed by atoms with van der Waals surface area (Å²) in [5.74, 6) is -0.213. The predicted molar refractivity (Wildman–Crippen MR) is 85.0 cm³/mol. The van der Waals surface area contributed by atoms with Gasteiger partial charge in [-0.05, 0) is 50.6 Å². The lowest BCUT2D eigenvalue weighted by molar-refractivity contribution is 0.616. The monoisotopic (exact) mass is 292 g/mol. The second-order valence-corrected chi connectivity index (χ2v) is 6.35. The Kier molecular flexibility index (Phi) is 4.78. The van der Waals surface area contributed by atoms with E-state index in [2.05, 4.69) is 31.7 Å². The Labute approximate surface area is 124 Å². The molecule has 2 nitrogen and oxygen atoms in total. The lowest BCUT2D eigenvalue weighted by atomic mass is 10.0. The molecule has 2 rings (SSSR count). The number of rotatable bonds is 5. The zero-order valence-electron chi connectivity index (χ0n) is 12.2. The lowest BCUT2D eigenvalue weighted by Crippen LogP contribution is -2.33. The molecule has 20 heavy (non-hydrogen) atoms. The Morgan fingerprint density at radius 3 is 2.55 bits per heavy atom. The van der Waals surface area contributed by atoms with E-state index in [0.29, 0.717) is 6.54 Å². The van der Waals surface area contributed by atoms with E-state index in [9.17, 15) is 4.39 Å². The van der Waals surface area contributed by atoms with Gasteiger partial charge >= 0.3 is 0 Å². The van der Waals surface area contributed by atoms with Crippen LogP contribution in [0.25, 0.3) is 0 Å². The van der Waals surface area contributed by atoms with Crippen LogP contribution < -0.4 is 10.6 Å². The van der Waals surface area contributed by atoms with Crippen molar-refractivity contribution in [3.8, 4) is 0 Å². The van der Waals surface area contributed by atoms with Crippen LogP contribution in [0.1, 0.15) is 28.3 Å². The van der Waals surface area contributed by atoms with Gasteiger partial charge in [-0.25, -0.2) is 4.39 Å². The summed E-state index contributed by atoms with van der Waals surface area (Å²) in [6.45, 7) is 7.60. The van der Waals surface area contributed by atoms with Crippen molar-refractivity contribution in [2.24, 2.45) is 5.73 Å². The number of nitrogens with two attached hydrogens (primary N) is 1. The highest BCUT2D eigenvalue weighted by Crippen LogP contribution is 2.32. The fraction of sp³-hybridized carbons (Fsp3) is 0.375. The van der Waals surface area contributed by atoms with Crippen molar-refractivity contribution in [1.82, 2.24) is 0 Å². The average Bonchev–Trinajstić information content (AvgIpc) is 2.74. The van der Waals surface area contributed by atoms with Crippen LogP contribution in [0.2, 0.25) is 0 Å². The summed E-state index contributed by atoms with van der Waals surface area (Å²) in [7, 11) is 0. The first-order valence-electron chi connectivity index (χ1n) is 6.86. The first-order chi connectivity index (χ1) is 9.56. The SMILES string of the molecule is CCN(c1cccc(F)c1)C(CN)c1cc(C)sc1C. The largest absolute Gasteiger partial charge is 0.363 e. The number of likely N-dealkylation sites (N-methyl/N-ethyl adjacent to an activating group) is 1. The molecule has 0 bridgehead atoms. The maximum absolute atomic E-state index is 13.5. The molecule has 0 aliphatic rings. The second-order valence-electron chi connectivity index (χ2n) is 4.89. The molecular weight excluding hydrogens is 271 g/mol. The first kappa shape index (κ1) is 15.0. The average molecular weight is 292 g/mol. The molecule has 1 atom stereocenters. The van der Waals surface area contributed by atoms with E-state index in [1.54, 1.807) is 23.5 Å². The molecule has 108 valence electrons. The Hall–Kier alpha value is -1.39. The molecule has 0 saturated carbocycles. The number of aryl methyl sites for hydroxylation is 2. The second kappa shape index (κ2) is 6.37. The van der Waals surface area contributed by atoms with Gasteiger partial charge in [0.2, 0.25) is 0 Å². The number of halogens is 1. The van der Waals surface area contributed by atoms with E-state index in [4.69, 9.17) is 5.73 Å². The van der Waals surface area contributed by atoms with Gasteiger partial charge in [-0.2, -0.15) is 0 Å². The number of thiophene rings is 1. The maximum Gasteiger partial charge on any atom is 0.125 e. The van der Waals surface area contributed by atoms with Crippen LogP contribution in [-0.2, 0) is 0 Å². The van der Waals surface area contributed by atoms with Crippen molar-refractivity contribution in [3.63, 3.8) is 0 Å². The van der Waals surface area contributed by atoms with Gasteiger partial charge in [-0.1, -0.05) is 6.07 Å². The lowest BCUT2D eigenvalue weighted by Gasteiger charge is -2.32. The van der Waals surface area contributed by atoms with Crippen LogP contribution in [0.4, 0.5) is 10.1 Å². The van der Waals surface area contributed by atoms with Crippen molar-refractivity contribution in [1.29, 1.82) is 0 Å². The molecule has 0 spiro atoms. The summed E-state index contributed by atoms with van der Waals surface area (Å²) >= 11 is 1.78. The van der Waals surface area contributed by atoms with E-state index in [1.165, 1.54) is 21.4 Å². The number of benzene rings is 1. The van der Waals surface area contributed by atoms with Crippen LogP contribution in [0.5, 0.6) is 0 Å². The molecule has 0 aliphatic heterocycles. The first-order valence-corrected chi connectivity index (χ1v) is 7.67. The molecule has 0 saturated heterocycles. The molecule has 0 amide bonds. The highest BCUT2D eigenvalue weighted by Gasteiger charge is 2.21. The van der Waals surface area contributed by atoms with Crippen LogP contribution in [0.3, 0.4) is 0 Å². The number of nitrogens with zero attached hydrogens (tertiary/aromatic N) is 1. The minimum Gasteiger partial charge on any atom is -0.363 e. The summed E-state index contributed by atoms with van der Waals surface area (Å²) in [4.78, 5) is 4.73. The Morgan fingerprint density at radius 2 is 2.05 bits per heavy atom. The highest BCUT2D eigenvalue weighted by atomic mass is 32.1. The summed E-state index contributed by atoms with van der Waals surface area (Å²) < 4.78 is 13.5. The Bertz CT molecular complexity index is 580. The number of hydrogen-bond acceptors (Lipinski definition) is 3. The highest BCUT2D eigenvalue weighted by molar-refractivity contribution is 7.12. The van der Waals surface area contributed by atoms with Crippen LogP contribution in [0, 0.1) is 19.7 Å². The third-order valence-electron chi connectivity index (χ3n) is 3.52. The van der Waals surface area contributed by atoms with Crippen molar-refractivity contribution >= 4 is 17.0 Å². The fourth-order valence-electron chi connectivity index (χ4n) is 2.64. The van der Waals surface area contributed by atoms with Gasteiger partial charge in [0.15, 0.2) is 0 Å². The molecular formula is C16H21FN2S. The van der Waals surface area contributed by atoms with E-state index in [1.807, 2.05) is 6.07 Å². The summed E-state index contributed by atoms with van der Waals surface area (Å²) in [6.07, 6.45) is 0. The van der Waals surface area contributed by atoms with Gasteiger partial charge < -0.3 is 10.6 Å². The smallest absolute Gasteiger partial charge is 0.125 e. The number of anilines is 1.